The fourth-order valence-corrected chi connectivity index (χ4v) is 2.22. The highest BCUT2D eigenvalue weighted by atomic mass is 16.2. The van der Waals surface area contributed by atoms with Gasteiger partial charge in [-0.05, 0) is 51.6 Å². The van der Waals surface area contributed by atoms with Gasteiger partial charge in [-0.1, -0.05) is 6.92 Å². The van der Waals surface area contributed by atoms with E-state index < -0.39 is 0 Å². The highest BCUT2D eigenvalue weighted by molar-refractivity contribution is 5.84. The summed E-state index contributed by atoms with van der Waals surface area (Å²) in [4.78, 5) is 11.8. The van der Waals surface area contributed by atoms with E-state index in [9.17, 15) is 4.79 Å². The van der Waals surface area contributed by atoms with Crippen LogP contribution in [0.2, 0.25) is 0 Å². The molecule has 1 saturated carbocycles. The summed E-state index contributed by atoms with van der Waals surface area (Å²) in [5.41, 5.74) is -0.0314. The molecule has 1 aliphatic carbocycles. The van der Waals surface area contributed by atoms with Crippen molar-refractivity contribution in [1.29, 1.82) is 0 Å². The molecule has 2 fully saturated rings. The zero-order chi connectivity index (χ0) is 10.9. The number of carbonyl (C=O) groups excluding carboxylic acids is 1. The third-order valence-corrected chi connectivity index (χ3v) is 3.95. The van der Waals surface area contributed by atoms with Crippen molar-refractivity contribution >= 4 is 5.91 Å². The van der Waals surface area contributed by atoms with Crippen LogP contribution in [0, 0.1) is 11.3 Å². The molecule has 3 nitrogen and oxygen atoms in total. The third-order valence-electron chi connectivity index (χ3n) is 3.95. The SMILES string of the molecule is CC(NC(=O)C1(C)CC1)C1CCCNC1. The maximum Gasteiger partial charge on any atom is 0.226 e. The molecule has 15 heavy (non-hydrogen) atoms. The number of rotatable bonds is 3. The number of nitrogens with one attached hydrogen (secondary N) is 2. The lowest BCUT2D eigenvalue weighted by Crippen LogP contribution is -2.46. The summed E-state index contributed by atoms with van der Waals surface area (Å²) in [5.74, 6) is 0.880. The second-order valence-electron chi connectivity index (χ2n) is 5.43. The predicted octanol–water partition coefficient (Wildman–Crippen LogP) is 1.29. The number of hydrogen-bond acceptors (Lipinski definition) is 2. The molecule has 1 amide bonds. The number of carbonyl (C=O) groups is 1. The Morgan fingerprint density at radius 1 is 1.53 bits per heavy atom. The van der Waals surface area contributed by atoms with E-state index in [0.29, 0.717) is 12.0 Å². The smallest absolute Gasteiger partial charge is 0.226 e. The van der Waals surface area contributed by atoms with Crippen LogP contribution in [0.5, 0.6) is 0 Å². The average molecular weight is 210 g/mol. The molecule has 0 bridgehead atoms. The predicted molar refractivity (Wildman–Crippen MR) is 60.5 cm³/mol. The molecule has 86 valence electrons. The van der Waals surface area contributed by atoms with Gasteiger partial charge in [0.1, 0.15) is 0 Å². The van der Waals surface area contributed by atoms with Crippen LogP contribution < -0.4 is 10.6 Å². The minimum Gasteiger partial charge on any atom is -0.353 e. The Labute approximate surface area is 92.0 Å². The van der Waals surface area contributed by atoms with Crippen molar-refractivity contribution in [2.24, 2.45) is 11.3 Å². The van der Waals surface area contributed by atoms with Crippen LogP contribution in [0.4, 0.5) is 0 Å². The first-order chi connectivity index (χ1) is 7.12. The fourth-order valence-electron chi connectivity index (χ4n) is 2.22. The van der Waals surface area contributed by atoms with Crippen molar-refractivity contribution in [3.63, 3.8) is 0 Å². The largest absolute Gasteiger partial charge is 0.353 e. The summed E-state index contributed by atoms with van der Waals surface area (Å²) in [5, 5.41) is 6.57. The van der Waals surface area contributed by atoms with Crippen LogP contribution in [0.25, 0.3) is 0 Å². The molecule has 2 atom stereocenters. The lowest BCUT2D eigenvalue weighted by atomic mass is 9.92. The van der Waals surface area contributed by atoms with Crippen molar-refractivity contribution in [2.45, 2.75) is 45.6 Å². The van der Waals surface area contributed by atoms with Crippen molar-refractivity contribution in [3.05, 3.63) is 0 Å². The van der Waals surface area contributed by atoms with Crippen LogP contribution in [-0.4, -0.2) is 25.0 Å². The molecule has 0 aromatic rings. The fraction of sp³-hybridized carbons (Fsp3) is 0.917. The van der Waals surface area contributed by atoms with Crippen molar-refractivity contribution in [1.82, 2.24) is 10.6 Å². The minimum absolute atomic E-state index is 0.0314. The van der Waals surface area contributed by atoms with Gasteiger partial charge in [0.2, 0.25) is 5.91 Å². The van der Waals surface area contributed by atoms with Gasteiger partial charge in [-0.2, -0.15) is 0 Å². The van der Waals surface area contributed by atoms with Gasteiger partial charge in [-0.25, -0.2) is 0 Å². The first kappa shape index (κ1) is 10.9. The van der Waals surface area contributed by atoms with Crippen molar-refractivity contribution in [3.8, 4) is 0 Å². The van der Waals surface area contributed by atoms with Gasteiger partial charge >= 0.3 is 0 Å². The first-order valence-electron chi connectivity index (χ1n) is 6.13. The standard InChI is InChI=1S/C12H22N2O/c1-9(10-4-3-7-13-8-10)14-11(15)12(2)5-6-12/h9-10,13H,3-8H2,1-2H3,(H,14,15). The van der Waals surface area contributed by atoms with Gasteiger partial charge in [-0.3, -0.25) is 4.79 Å². The van der Waals surface area contributed by atoms with E-state index in [0.717, 1.165) is 25.9 Å². The Hall–Kier alpha value is -0.570. The van der Waals surface area contributed by atoms with E-state index in [-0.39, 0.29) is 11.3 Å². The zero-order valence-corrected chi connectivity index (χ0v) is 9.81. The van der Waals surface area contributed by atoms with Crippen LogP contribution in [0.1, 0.15) is 39.5 Å². The maximum absolute atomic E-state index is 11.8. The molecule has 0 aromatic carbocycles. The summed E-state index contributed by atoms with van der Waals surface area (Å²) in [6, 6.07) is 0.322. The normalized spacial score (nSPS) is 30.7. The third kappa shape index (κ3) is 2.51. The van der Waals surface area contributed by atoms with Crippen LogP contribution in [-0.2, 0) is 4.79 Å². The molecule has 3 heteroatoms. The van der Waals surface area contributed by atoms with E-state index in [1.165, 1.54) is 12.8 Å². The monoisotopic (exact) mass is 210 g/mol. The highest BCUT2D eigenvalue weighted by Crippen LogP contribution is 2.45. The van der Waals surface area contributed by atoms with E-state index in [1.54, 1.807) is 0 Å². The Bertz CT molecular complexity index is 242. The molecule has 2 aliphatic rings. The first-order valence-corrected chi connectivity index (χ1v) is 6.13. The highest BCUT2D eigenvalue weighted by Gasteiger charge is 2.45. The van der Waals surface area contributed by atoms with Crippen LogP contribution >= 0.6 is 0 Å². The molecule has 2 unspecified atom stereocenters. The number of hydrogen-bond donors (Lipinski definition) is 2. The Balaban J connectivity index is 1.80. The Kier molecular flexibility index (Phi) is 3.01. The van der Waals surface area contributed by atoms with E-state index in [1.807, 2.05) is 0 Å². The molecular weight excluding hydrogens is 188 g/mol. The molecule has 1 aliphatic heterocycles. The topological polar surface area (TPSA) is 41.1 Å². The maximum atomic E-state index is 11.8. The van der Waals surface area contributed by atoms with Crippen molar-refractivity contribution < 1.29 is 4.79 Å². The molecule has 2 rings (SSSR count). The van der Waals surface area contributed by atoms with Gasteiger partial charge in [0.15, 0.2) is 0 Å². The molecular formula is C12H22N2O. The van der Waals surface area contributed by atoms with Gasteiger partial charge in [0.25, 0.3) is 0 Å². The van der Waals surface area contributed by atoms with Crippen molar-refractivity contribution in [2.75, 3.05) is 13.1 Å². The summed E-state index contributed by atoms with van der Waals surface area (Å²) < 4.78 is 0. The van der Waals surface area contributed by atoms with E-state index >= 15 is 0 Å². The van der Waals surface area contributed by atoms with Crippen LogP contribution in [0.15, 0.2) is 0 Å². The van der Waals surface area contributed by atoms with E-state index in [2.05, 4.69) is 24.5 Å². The Morgan fingerprint density at radius 2 is 2.27 bits per heavy atom. The average Bonchev–Trinajstić information content (AvgIpc) is 2.99. The van der Waals surface area contributed by atoms with Crippen LogP contribution in [0.3, 0.4) is 0 Å². The molecule has 1 heterocycles. The molecule has 0 spiro atoms. The summed E-state index contributed by atoms with van der Waals surface area (Å²) in [6.07, 6.45) is 4.61. The summed E-state index contributed by atoms with van der Waals surface area (Å²) >= 11 is 0. The molecule has 1 saturated heterocycles. The number of amides is 1. The summed E-state index contributed by atoms with van der Waals surface area (Å²) in [6.45, 7) is 6.39. The quantitative estimate of drug-likeness (QED) is 0.737. The van der Waals surface area contributed by atoms with Gasteiger partial charge in [-0.15, -0.1) is 0 Å². The van der Waals surface area contributed by atoms with Gasteiger partial charge in [0.05, 0.1) is 0 Å². The molecule has 0 radical (unpaired) electrons. The zero-order valence-electron chi connectivity index (χ0n) is 9.81. The lowest BCUT2D eigenvalue weighted by Gasteiger charge is -2.29. The van der Waals surface area contributed by atoms with Gasteiger partial charge < -0.3 is 10.6 Å². The minimum atomic E-state index is -0.0314. The van der Waals surface area contributed by atoms with Gasteiger partial charge in [0, 0.05) is 11.5 Å². The van der Waals surface area contributed by atoms with E-state index in [4.69, 9.17) is 0 Å². The summed E-state index contributed by atoms with van der Waals surface area (Å²) in [7, 11) is 0. The molecule has 0 aromatic heterocycles. The second kappa shape index (κ2) is 4.12. The number of piperidine rings is 1. The Morgan fingerprint density at radius 3 is 2.80 bits per heavy atom. The molecule has 2 N–H and O–H groups in total. The lowest BCUT2D eigenvalue weighted by molar-refractivity contribution is -0.126. The second-order valence-corrected chi connectivity index (χ2v) is 5.43.